The maximum absolute atomic E-state index is 4.25. The fraction of sp³-hybridized carbons (Fsp3) is 0.667. The number of nitrogens with zero attached hydrogens (tertiary/aromatic N) is 2. The topological polar surface area (TPSA) is 37.8 Å². The van der Waals surface area contributed by atoms with Gasteiger partial charge in [-0.1, -0.05) is 19.8 Å². The lowest BCUT2D eigenvalue weighted by Crippen LogP contribution is -2.19. The molecule has 1 saturated carbocycles. The van der Waals surface area contributed by atoms with Gasteiger partial charge in [0.15, 0.2) is 0 Å². The summed E-state index contributed by atoms with van der Waals surface area (Å²) in [5.74, 6) is 1.80. The van der Waals surface area contributed by atoms with Crippen molar-refractivity contribution < 1.29 is 0 Å². The molecule has 0 amide bonds. The summed E-state index contributed by atoms with van der Waals surface area (Å²) in [6, 6.07) is 0.566. The molecular weight excluding hydrogens is 266 g/mol. The molecule has 1 aromatic rings. The van der Waals surface area contributed by atoms with Gasteiger partial charge in [0.1, 0.15) is 12.1 Å². The second-order valence-electron chi connectivity index (χ2n) is 4.67. The molecule has 2 rings (SSSR count). The molecule has 0 radical (unpaired) electrons. The van der Waals surface area contributed by atoms with Gasteiger partial charge in [-0.2, -0.15) is 0 Å². The largest absolute Gasteiger partial charge is 0.366 e. The highest BCUT2D eigenvalue weighted by molar-refractivity contribution is 9.10. The fourth-order valence-electron chi connectivity index (χ4n) is 2.24. The van der Waals surface area contributed by atoms with Crippen molar-refractivity contribution in [1.29, 1.82) is 0 Å². The van der Waals surface area contributed by atoms with Crippen LogP contribution in [0.3, 0.4) is 0 Å². The van der Waals surface area contributed by atoms with E-state index in [2.05, 4.69) is 38.1 Å². The van der Waals surface area contributed by atoms with E-state index in [4.69, 9.17) is 0 Å². The van der Waals surface area contributed by atoms with Gasteiger partial charge in [0.2, 0.25) is 0 Å². The lowest BCUT2D eigenvalue weighted by molar-refractivity contribution is 0.502. The van der Waals surface area contributed by atoms with Crippen molar-refractivity contribution in [1.82, 2.24) is 9.97 Å². The highest BCUT2D eigenvalue weighted by Gasteiger charge is 2.16. The molecule has 0 aromatic carbocycles. The highest BCUT2D eigenvalue weighted by Crippen LogP contribution is 2.26. The summed E-state index contributed by atoms with van der Waals surface area (Å²) >= 11 is 3.47. The Morgan fingerprint density at radius 2 is 2.19 bits per heavy atom. The number of anilines is 1. The summed E-state index contributed by atoms with van der Waals surface area (Å²) < 4.78 is 0.951. The Morgan fingerprint density at radius 1 is 1.31 bits per heavy atom. The number of rotatable bonds is 2. The van der Waals surface area contributed by atoms with Gasteiger partial charge < -0.3 is 5.32 Å². The van der Waals surface area contributed by atoms with E-state index in [0.717, 1.165) is 16.2 Å². The van der Waals surface area contributed by atoms with Gasteiger partial charge in [-0.15, -0.1) is 0 Å². The first-order valence-corrected chi connectivity index (χ1v) is 6.77. The van der Waals surface area contributed by atoms with E-state index in [1.54, 1.807) is 12.5 Å². The number of nitrogens with one attached hydrogen (secondary N) is 1. The molecule has 1 heterocycles. The van der Waals surface area contributed by atoms with Crippen LogP contribution in [-0.2, 0) is 0 Å². The number of aromatic nitrogens is 2. The van der Waals surface area contributed by atoms with Crippen LogP contribution in [-0.4, -0.2) is 16.0 Å². The molecule has 4 heteroatoms. The molecule has 1 fully saturated rings. The molecular formula is C12H18BrN3. The van der Waals surface area contributed by atoms with Crippen molar-refractivity contribution in [3.63, 3.8) is 0 Å². The molecule has 3 nitrogen and oxygen atoms in total. The monoisotopic (exact) mass is 283 g/mol. The summed E-state index contributed by atoms with van der Waals surface area (Å²) in [7, 11) is 0. The zero-order chi connectivity index (χ0) is 11.4. The zero-order valence-corrected chi connectivity index (χ0v) is 11.2. The second kappa shape index (κ2) is 5.62. The number of hydrogen-bond donors (Lipinski definition) is 1. The average Bonchev–Trinajstić information content (AvgIpc) is 2.47. The normalized spacial score (nSPS) is 26.1. The summed E-state index contributed by atoms with van der Waals surface area (Å²) in [5, 5.41) is 3.51. The van der Waals surface area contributed by atoms with Crippen LogP contribution >= 0.6 is 15.9 Å². The first kappa shape index (κ1) is 11.8. The van der Waals surface area contributed by atoms with Gasteiger partial charge in [0.25, 0.3) is 0 Å². The molecule has 1 aliphatic rings. The second-order valence-corrected chi connectivity index (χ2v) is 5.53. The van der Waals surface area contributed by atoms with E-state index in [-0.39, 0.29) is 0 Å². The number of halogens is 1. The molecule has 0 aliphatic heterocycles. The van der Waals surface area contributed by atoms with E-state index in [9.17, 15) is 0 Å². The molecule has 0 spiro atoms. The van der Waals surface area contributed by atoms with Crippen LogP contribution in [0.5, 0.6) is 0 Å². The minimum absolute atomic E-state index is 0.566. The van der Waals surface area contributed by atoms with E-state index < -0.39 is 0 Å². The maximum Gasteiger partial charge on any atom is 0.143 e. The lowest BCUT2D eigenvalue weighted by Gasteiger charge is -2.17. The molecule has 1 aliphatic carbocycles. The van der Waals surface area contributed by atoms with Crippen LogP contribution in [0, 0.1) is 5.92 Å². The molecule has 1 aromatic heterocycles. The van der Waals surface area contributed by atoms with Gasteiger partial charge in [-0.3, -0.25) is 0 Å². The molecule has 1 N–H and O–H groups in total. The fourth-order valence-corrected chi connectivity index (χ4v) is 2.58. The minimum atomic E-state index is 0.566. The van der Waals surface area contributed by atoms with E-state index >= 15 is 0 Å². The smallest absolute Gasteiger partial charge is 0.143 e. The molecule has 0 saturated heterocycles. The standard InChI is InChI=1S/C12H18BrN3/c1-9-3-2-4-10(6-5-9)16-12-11(13)7-14-8-15-12/h7-10H,2-6H2,1H3,(H,14,15,16). The predicted octanol–water partition coefficient (Wildman–Crippen LogP) is 3.62. The van der Waals surface area contributed by atoms with Gasteiger partial charge in [-0.25, -0.2) is 9.97 Å². The van der Waals surface area contributed by atoms with Crippen molar-refractivity contribution in [3.05, 3.63) is 17.0 Å². The quantitative estimate of drug-likeness (QED) is 0.843. The Labute approximate surface area is 105 Å². The summed E-state index contributed by atoms with van der Waals surface area (Å²) in [6.07, 6.45) is 9.88. The van der Waals surface area contributed by atoms with Crippen LogP contribution in [0.15, 0.2) is 17.0 Å². The Bertz CT molecular complexity index is 343. The first-order chi connectivity index (χ1) is 7.75. The Kier molecular flexibility index (Phi) is 4.16. The summed E-state index contributed by atoms with van der Waals surface area (Å²) in [5.41, 5.74) is 0. The van der Waals surface area contributed by atoms with Crippen molar-refractivity contribution in [2.75, 3.05) is 5.32 Å². The van der Waals surface area contributed by atoms with Crippen molar-refractivity contribution in [2.24, 2.45) is 5.92 Å². The molecule has 2 unspecified atom stereocenters. The van der Waals surface area contributed by atoms with Crippen LogP contribution < -0.4 is 5.32 Å². The first-order valence-electron chi connectivity index (χ1n) is 5.97. The van der Waals surface area contributed by atoms with E-state index in [1.807, 2.05) is 0 Å². The van der Waals surface area contributed by atoms with Crippen LogP contribution in [0.4, 0.5) is 5.82 Å². The Morgan fingerprint density at radius 3 is 3.00 bits per heavy atom. The number of hydrogen-bond acceptors (Lipinski definition) is 3. The lowest BCUT2D eigenvalue weighted by atomic mass is 10.0. The third kappa shape index (κ3) is 3.17. The summed E-state index contributed by atoms with van der Waals surface area (Å²) in [4.78, 5) is 8.22. The van der Waals surface area contributed by atoms with E-state index in [0.29, 0.717) is 6.04 Å². The summed E-state index contributed by atoms with van der Waals surface area (Å²) in [6.45, 7) is 2.35. The van der Waals surface area contributed by atoms with Gasteiger partial charge in [0.05, 0.1) is 4.47 Å². The molecule has 0 bridgehead atoms. The van der Waals surface area contributed by atoms with Crippen molar-refractivity contribution in [3.8, 4) is 0 Å². The molecule has 16 heavy (non-hydrogen) atoms. The van der Waals surface area contributed by atoms with E-state index in [1.165, 1.54) is 32.1 Å². The third-order valence-corrected chi connectivity index (χ3v) is 3.85. The third-order valence-electron chi connectivity index (χ3n) is 3.27. The molecule has 88 valence electrons. The Balaban J connectivity index is 1.96. The molecule has 2 atom stereocenters. The van der Waals surface area contributed by atoms with Crippen LogP contribution in [0.2, 0.25) is 0 Å². The van der Waals surface area contributed by atoms with Crippen molar-refractivity contribution in [2.45, 2.75) is 45.1 Å². The van der Waals surface area contributed by atoms with Crippen molar-refractivity contribution >= 4 is 21.7 Å². The van der Waals surface area contributed by atoms with Gasteiger partial charge in [0, 0.05) is 12.2 Å². The highest BCUT2D eigenvalue weighted by atomic mass is 79.9. The predicted molar refractivity (Wildman–Crippen MR) is 69.4 cm³/mol. The maximum atomic E-state index is 4.25. The van der Waals surface area contributed by atoms with Crippen LogP contribution in [0.25, 0.3) is 0 Å². The Hall–Kier alpha value is -0.640. The van der Waals surface area contributed by atoms with Gasteiger partial charge in [-0.05, 0) is 41.1 Å². The minimum Gasteiger partial charge on any atom is -0.366 e. The van der Waals surface area contributed by atoms with Gasteiger partial charge >= 0.3 is 0 Å². The average molecular weight is 284 g/mol. The SMILES string of the molecule is CC1CCCC(Nc2ncncc2Br)CC1. The zero-order valence-electron chi connectivity index (χ0n) is 9.62. The van der Waals surface area contributed by atoms with Crippen LogP contribution in [0.1, 0.15) is 39.0 Å².